The standard InChI is InChI=1S/C34H24N2O/c1-2-9-25(10-3-1)36-30-12-6-7-13-32(30)37-33-19-16-24(21-31(33)36)23-14-17-27-29(20-23)35-28-18-15-22-8-4-5-11-26(22)34(27)28/h1-19,21,23,35H,20H2. The number of hydrogen-bond acceptors (Lipinski definition) is 2. The zero-order valence-electron chi connectivity index (χ0n) is 20.2. The lowest BCUT2D eigenvalue weighted by Gasteiger charge is -2.33. The Bertz CT molecular complexity index is 1850. The molecule has 1 aliphatic heterocycles. The van der Waals surface area contributed by atoms with Gasteiger partial charge in [0.05, 0.1) is 11.4 Å². The number of H-pyrrole nitrogens is 1. The van der Waals surface area contributed by atoms with Gasteiger partial charge in [-0.05, 0) is 65.2 Å². The van der Waals surface area contributed by atoms with Gasteiger partial charge in [0.2, 0.25) is 0 Å². The molecular weight excluding hydrogens is 452 g/mol. The highest BCUT2D eigenvalue weighted by atomic mass is 16.5. The van der Waals surface area contributed by atoms with Gasteiger partial charge in [-0.2, -0.15) is 0 Å². The van der Waals surface area contributed by atoms with E-state index in [0.717, 1.165) is 35.0 Å². The van der Waals surface area contributed by atoms with Crippen LogP contribution in [0, 0.1) is 0 Å². The molecule has 0 saturated heterocycles. The molecule has 0 spiro atoms. The van der Waals surface area contributed by atoms with Gasteiger partial charge in [0.25, 0.3) is 0 Å². The molecule has 3 nitrogen and oxygen atoms in total. The van der Waals surface area contributed by atoms with E-state index in [2.05, 4.69) is 119 Å². The maximum absolute atomic E-state index is 6.34. The van der Waals surface area contributed by atoms with Crippen molar-refractivity contribution in [3.8, 4) is 11.5 Å². The Morgan fingerprint density at radius 3 is 2.49 bits per heavy atom. The third-order valence-electron chi connectivity index (χ3n) is 7.72. The third kappa shape index (κ3) is 3.14. The summed E-state index contributed by atoms with van der Waals surface area (Å²) in [5, 5.41) is 3.92. The topological polar surface area (TPSA) is 28.3 Å². The van der Waals surface area contributed by atoms with E-state index in [4.69, 9.17) is 4.74 Å². The Balaban J connectivity index is 1.22. The van der Waals surface area contributed by atoms with Crippen LogP contribution in [0.3, 0.4) is 0 Å². The summed E-state index contributed by atoms with van der Waals surface area (Å²) >= 11 is 0. The number of rotatable bonds is 2. The van der Waals surface area contributed by atoms with Gasteiger partial charge in [-0.1, -0.05) is 78.9 Å². The van der Waals surface area contributed by atoms with Crippen LogP contribution in [0.25, 0.3) is 27.8 Å². The number of aromatic amines is 1. The molecular formula is C34H24N2O. The minimum absolute atomic E-state index is 0.284. The van der Waals surface area contributed by atoms with Crippen LogP contribution in [-0.4, -0.2) is 4.98 Å². The Kier molecular flexibility index (Phi) is 4.35. The summed E-state index contributed by atoms with van der Waals surface area (Å²) in [6, 6.07) is 38.5. The molecule has 6 aromatic rings. The number of hydrogen-bond donors (Lipinski definition) is 1. The van der Waals surface area contributed by atoms with E-state index in [-0.39, 0.29) is 5.92 Å². The van der Waals surface area contributed by atoms with Gasteiger partial charge in [-0.15, -0.1) is 0 Å². The lowest BCUT2D eigenvalue weighted by atomic mass is 9.87. The van der Waals surface area contributed by atoms with E-state index in [1.165, 1.54) is 38.5 Å². The summed E-state index contributed by atoms with van der Waals surface area (Å²) in [5.74, 6) is 2.04. The van der Waals surface area contributed by atoms with Crippen molar-refractivity contribution < 1.29 is 4.74 Å². The average Bonchev–Trinajstić information content (AvgIpc) is 3.34. The first kappa shape index (κ1) is 20.4. The fourth-order valence-corrected chi connectivity index (χ4v) is 5.98. The van der Waals surface area contributed by atoms with E-state index in [1.807, 2.05) is 12.1 Å². The van der Waals surface area contributed by atoms with Crippen LogP contribution in [-0.2, 0) is 6.42 Å². The van der Waals surface area contributed by atoms with Crippen LogP contribution >= 0.6 is 0 Å². The second kappa shape index (κ2) is 7.87. The third-order valence-corrected chi connectivity index (χ3v) is 7.72. The minimum Gasteiger partial charge on any atom is -0.453 e. The monoisotopic (exact) mass is 476 g/mol. The van der Waals surface area contributed by atoms with E-state index < -0.39 is 0 Å². The van der Waals surface area contributed by atoms with Gasteiger partial charge in [0, 0.05) is 33.8 Å². The second-order valence-electron chi connectivity index (χ2n) is 9.86. The predicted octanol–water partition coefficient (Wildman–Crippen LogP) is 9.25. The van der Waals surface area contributed by atoms with Crippen LogP contribution in [0.5, 0.6) is 11.5 Å². The van der Waals surface area contributed by atoms with Gasteiger partial charge in [-0.25, -0.2) is 0 Å². The Morgan fingerprint density at radius 1 is 0.730 bits per heavy atom. The summed E-state index contributed by atoms with van der Waals surface area (Å²) in [6.45, 7) is 0. The lowest BCUT2D eigenvalue weighted by Crippen LogP contribution is -2.16. The van der Waals surface area contributed by atoms with E-state index >= 15 is 0 Å². The molecule has 1 aromatic heterocycles. The second-order valence-corrected chi connectivity index (χ2v) is 9.86. The molecule has 176 valence electrons. The van der Waals surface area contributed by atoms with Crippen LogP contribution in [0.15, 0.2) is 115 Å². The highest BCUT2D eigenvalue weighted by Gasteiger charge is 2.28. The van der Waals surface area contributed by atoms with Gasteiger partial charge in [0.1, 0.15) is 0 Å². The molecule has 2 heterocycles. The predicted molar refractivity (Wildman–Crippen MR) is 152 cm³/mol. The molecule has 8 rings (SSSR count). The number of nitrogens with one attached hydrogen (secondary N) is 1. The Labute approximate surface area is 215 Å². The fraction of sp³-hybridized carbons (Fsp3) is 0.0588. The van der Waals surface area contributed by atoms with Crippen molar-refractivity contribution in [2.75, 3.05) is 4.90 Å². The van der Waals surface area contributed by atoms with Crippen LogP contribution in [0.1, 0.15) is 22.7 Å². The molecule has 37 heavy (non-hydrogen) atoms. The van der Waals surface area contributed by atoms with Crippen molar-refractivity contribution in [3.63, 3.8) is 0 Å². The maximum atomic E-state index is 6.34. The summed E-state index contributed by atoms with van der Waals surface area (Å²) in [6.07, 6.45) is 5.62. The zero-order valence-corrected chi connectivity index (χ0v) is 20.2. The molecule has 0 saturated carbocycles. The molecule has 0 bridgehead atoms. The first-order chi connectivity index (χ1) is 18.3. The number of para-hydroxylation sites is 3. The van der Waals surface area contributed by atoms with Crippen LogP contribution in [0.2, 0.25) is 0 Å². The Morgan fingerprint density at radius 2 is 1.54 bits per heavy atom. The maximum Gasteiger partial charge on any atom is 0.151 e. The van der Waals surface area contributed by atoms with E-state index in [1.54, 1.807) is 0 Å². The molecule has 1 N–H and O–H groups in total. The summed E-state index contributed by atoms with van der Waals surface area (Å²) in [4.78, 5) is 6.04. The molecule has 0 radical (unpaired) electrons. The minimum atomic E-state index is 0.284. The number of fused-ring (bicyclic) bond motifs is 7. The number of ether oxygens (including phenoxy) is 1. The molecule has 2 aliphatic rings. The van der Waals surface area contributed by atoms with Gasteiger partial charge >= 0.3 is 0 Å². The largest absolute Gasteiger partial charge is 0.453 e. The molecule has 1 atom stereocenters. The highest BCUT2D eigenvalue weighted by molar-refractivity contribution is 6.11. The first-order valence-corrected chi connectivity index (χ1v) is 12.8. The number of aromatic nitrogens is 1. The lowest BCUT2D eigenvalue weighted by molar-refractivity contribution is 0.476. The van der Waals surface area contributed by atoms with Crippen molar-refractivity contribution >= 4 is 44.8 Å². The SMILES string of the molecule is C1=CC(c2ccc3c(c2)N(c2ccccc2)c2ccccc2O3)Cc2[nH]c3ccc4ccccc4c3c21. The van der Waals surface area contributed by atoms with Crippen molar-refractivity contribution in [2.24, 2.45) is 0 Å². The molecule has 5 aromatic carbocycles. The van der Waals surface area contributed by atoms with Gasteiger partial charge in [0.15, 0.2) is 11.5 Å². The summed E-state index contributed by atoms with van der Waals surface area (Å²) in [5.41, 5.74) is 8.38. The Hall–Kier alpha value is -4.76. The van der Waals surface area contributed by atoms with Crippen molar-refractivity contribution in [3.05, 3.63) is 132 Å². The van der Waals surface area contributed by atoms with E-state index in [9.17, 15) is 0 Å². The molecule has 0 amide bonds. The molecule has 0 fully saturated rings. The van der Waals surface area contributed by atoms with Gasteiger partial charge in [-0.3, -0.25) is 0 Å². The van der Waals surface area contributed by atoms with E-state index in [0.29, 0.717) is 0 Å². The molecule has 1 unspecified atom stereocenters. The molecule has 1 aliphatic carbocycles. The first-order valence-electron chi connectivity index (χ1n) is 12.8. The summed E-state index contributed by atoms with van der Waals surface area (Å²) < 4.78 is 6.34. The number of anilines is 3. The molecule has 3 heteroatoms. The highest BCUT2D eigenvalue weighted by Crippen LogP contribution is 2.51. The normalized spacial score (nSPS) is 15.8. The van der Waals surface area contributed by atoms with Crippen LogP contribution in [0.4, 0.5) is 17.1 Å². The number of allylic oxidation sites excluding steroid dienone is 1. The van der Waals surface area contributed by atoms with Crippen molar-refractivity contribution in [1.82, 2.24) is 4.98 Å². The van der Waals surface area contributed by atoms with Crippen molar-refractivity contribution in [2.45, 2.75) is 12.3 Å². The average molecular weight is 477 g/mol. The van der Waals surface area contributed by atoms with Crippen molar-refractivity contribution in [1.29, 1.82) is 0 Å². The quantitative estimate of drug-likeness (QED) is 0.269. The zero-order chi connectivity index (χ0) is 24.3. The summed E-state index contributed by atoms with van der Waals surface area (Å²) in [7, 11) is 0. The number of benzene rings is 5. The smallest absolute Gasteiger partial charge is 0.151 e. The fourth-order valence-electron chi connectivity index (χ4n) is 5.98. The van der Waals surface area contributed by atoms with Gasteiger partial charge < -0.3 is 14.6 Å². The van der Waals surface area contributed by atoms with Crippen LogP contribution < -0.4 is 9.64 Å². The number of nitrogens with zero attached hydrogens (tertiary/aromatic N) is 1.